The van der Waals surface area contributed by atoms with Gasteiger partial charge in [0.15, 0.2) is 0 Å². The molecule has 1 aromatic carbocycles. The minimum atomic E-state index is -0.268. The maximum absolute atomic E-state index is 12.5. The fraction of sp³-hybridized carbons (Fsp3) is 0.400. The Morgan fingerprint density at radius 2 is 1.88 bits per heavy atom. The summed E-state index contributed by atoms with van der Waals surface area (Å²) in [4.78, 5) is 16.7. The predicted molar refractivity (Wildman–Crippen MR) is 105 cm³/mol. The van der Waals surface area contributed by atoms with Gasteiger partial charge in [0.1, 0.15) is 11.4 Å². The maximum atomic E-state index is 12.5. The quantitative estimate of drug-likeness (QED) is 0.713. The first kappa shape index (κ1) is 18.5. The van der Waals surface area contributed by atoms with Crippen molar-refractivity contribution in [1.82, 2.24) is 4.98 Å². The van der Waals surface area contributed by atoms with E-state index in [0.717, 1.165) is 5.69 Å². The van der Waals surface area contributed by atoms with Crippen molar-refractivity contribution >= 4 is 28.9 Å². The third-order valence-corrected chi connectivity index (χ3v) is 4.92. The Bertz CT molecular complexity index is 758. The van der Waals surface area contributed by atoms with Crippen LogP contribution in [0.1, 0.15) is 49.0 Å². The lowest BCUT2D eigenvalue weighted by Gasteiger charge is -2.18. The molecule has 0 unspecified atom stereocenters. The molecule has 3 rings (SSSR count). The number of pyridine rings is 1. The summed E-state index contributed by atoms with van der Waals surface area (Å²) in [6.07, 6.45) is 9.15. The highest BCUT2D eigenvalue weighted by Crippen LogP contribution is 2.27. The number of amides is 1. The summed E-state index contributed by atoms with van der Waals surface area (Å²) >= 11 is 6.10. The van der Waals surface area contributed by atoms with Crippen LogP contribution < -0.4 is 15.4 Å². The summed E-state index contributed by atoms with van der Waals surface area (Å²) < 4.78 is 5.12. The van der Waals surface area contributed by atoms with E-state index in [9.17, 15) is 4.79 Å². The van der Waals surface area contributed by atoms with Crippen LogP contribution >= 0.6 is 11.6 Å². The molecule has 1 fully saturated rings. The molecule has 0 bridgehead atoms. The topological polar surface area (TPSA) is 63.2 Å². The maximum Gasteiger partial charge on any atom is 0.274 e. The molecule has 6 heteroatoms. The van der Waals surface area contributed by atoms with Crippen molar-refractivity contribution < 1.29 is 9.53 Å². The molecule has 138 valence electrons. The molecule has 0 radical (unpaired) electrons. The van der Waals surface area contributed by atoms with Gasteiger partial charge in [0.2, 0.25) is 0 Å². The third kappa shape index (κ3) is 4.88. The van der Waals surface area contributed by atoms with E-state index >= 15 is 0 Å². The Balaban J connectivity index is 1.66. The van der Waals surface area contributed by atoms with Crippen LogP contribution in [0.15, 0.2) is 36.5 Å². The molecule has 26 heavy (non-hydrogen) atoms. The van der Waals surface area contributed by atoms with Crippen molar-refractivity contribution in [3.63, 3.8) is 0 Å². The Hall–Kier alpha value is -2.27. The van der Waals surface area contributed by atoms with Crippen molar-refractivity contribution in [2.75, 3.05) is 17.7 Å². The van der Waals surface area contributed by atoms with Crippen molar-refractivity contribution in [3.8, 4) is 5.75 Å². The number of anilines is 2. The fourth-order valence-electron chi connectivity index (χ4n) is 3.24. The Labute approximate surface area is 159 Å². The average molecular weight is 374 g/mol. The second-order valence-corrected chi connectivity index (χ2v) is 6.97. The number of rotatable bonds is 5. The van der Waals surface area contributed by atoms with Crippen molar-refractivity contribution in [3.05, 3.63) is 47.2 Å². The lowest BCUT2D eigenvalue weighted by Crippen LogP contribution is -2.19. The summed E-state index contributed by atoms with van der Waals surface area (Å²) in [5.41, 5.74) is 1.91. The number of hydrogen-bond donors (Lipinski definition) is 2. The molecule has 0 aliphatic heterocycles. The van der Waals surface area contributed by atoms with Gasteiger partial charge < -0.3 is 15.4 Å². The van der Waals surface area contributed by atoms with Gasteiger partial charge >= 0.3 is 0 Å². The van der Waals surface area contributed by atoms with Gasteiger partial charge in [-0.1, -0.05) is 37.3 Å². The molecule has 0 saturated heterocycles. The summed E-state index contributed by atoms with van der Waals surface area (Å²) in [5, 5.41) is 6.81. The molecule has 1 aromatic heterocycles. The number of carbonyl (C=O) groups is 1. The van der Waals surface area contributed by atoms with Crippen LogP contribution in [-0.2, 0) is 0 Å². The zero-order valence-electron chi connectivity index (χ0n) is 14.9. The number of methoxy groups -OCH3 is 1. The second-order valence-electron chi connectivity index (χ2n) is 6.57. The van der Waals surface area contributed by atoms with Gasteiger partial charge in [0.05, 0.1) is 12.1 Å². The minimum absolute atomic E-state index is 0.268. The van der Waals surface area contributed by atoms with E-state index in [0.29, 0.717) is 28.2 Å². The summed E-state index contributed by atoms with van der Waals surface area (Å²) in [6.45, 7) is 0. The van der Waals surface area contributed by atoms with E-state index in [-0.39, 0.29) is 5.91 Å². The lowest BCUT2D eigenvalue weighted by molar-refractivity contribution is 0.102. The number of aromatic nitrogens is 1. The molecular formula is C20H24ClN3O2. The minimum Gasteiger partial charge on any atom is -0.495 e. The monoisotopic (exact) mass is 373 g/mol. The molecule has 1 amide bonds. The molecule has 2 aromatic rings. The van der Waals surface area contributed by atoms with Crippen LogP contribution in [0.4, 0.5) is 11.4 Å². The van der Waals surface area contributed by atoms with Crippen molar-refractivity contribution in [2.45, 2.75) is 44.6 Å². The number of benzene rings is 1. The number of halogens is 1. The van der Waals surface area contributed by atoms with Crippen LogP contribution in [0.25, 0.3) is 0 Å². The summed E-state index contributed by atoms with van der Waals surface area (Å²) in [7, 11) is 1.55. The number of hydrogen-bond acceptors (Lipinski definition) is 4. The molecule has 5 nitrogen and oxygen atoms in total. The molecule has 0 spiro atoms. The highest BCUT2D eigenvalue weighted by atomic mass is 35.5. The van der Waals surface area contributed by atoms with Crippen molar-refractivity contribution in [1.29, 1.82) is 0 Å². The van der Waals surface area contributed by atoms with Gasteiger partial charge in [-0.05, 0) is 43.2 Å². The van der Waals surface area contributed by atoms with Crippen LogP contribution in [0.2, 0.25) is 5.02 Å². The first-order valence-electron chi connectivity index (χ1n) is 9.03. The Kier molecular flexibility index (Phi) is 6.34. The zero-order valence-corrected chi connectivity index (χ0v) is 15.7. The molecular weight excluding hydrogens is 350 g/mol. The smallest absolute Gasteiger partial charge is 0.274 e. The first-order chi connectivity index (χ1) is 12.7. The molecule has 0 atom stereocenters. The van der Waals surface area contributed by atoms with Gasteiger partial charge in [-0.25, -0.2) is 0 Å². The van der Waals surface area contributed by atoms with Crippen molar-refractivity contribution in [2.24, 2.45) is 0 Å². The van der Waals surface area contributed by atoms with Crippen LogP contribution in [0.5, 0.6) is 5.75 Å². The number of ether oxygens (including phenoxy) is 1. The van der Waals surface area contributed by atoms with E-state index in [1.54, 1.807) is 37.6 Å². The van der Waals surface area contributed by atoms with Crippen LogP contribution in [-0.4, -0.2) is 24.0 Å². The number of carbonyl (C=O) groups excluding carboxylic acids is 1. The van der Waals surface area contributed by atoms with E-state index in [2.05, 4.69) is 15.6 Å². The molecule has 2 N–H and O–H groups in total. The van der Waals surface area contributed by atoms with E-state index in [1.807, 2.05) is 6.07 Å². The third-order valence-electron chi connectivity index (χ3n) is 4.63. The summed E-state index contributed by atoms with van der Waals surface area (Å²) in [6, 6.07) is 9.30. The molecule has 1 heterocycles. The summed E-state index contributed by atoms with van der Waals surface area (Å²) in [5.74, 6) is 0.299. The van der Waals surface area contributed by atoms with Crippen LogP contribution in [0.3, 0.4) is 0 Å². The van der Waals surface area contributed by atoms with Crippen LogP contribution in [0, 0.1) is 0 Å². The number of nitrogens with one attached hydrogen (secondary N) is 2. The Morgan fingerprint density at radius 1 is 1.12 bits per heavy atom. The van der Waals surface area contributed by atoms with Gasteiger partial charge in [-0.2, -0.15) is 0 Å². The normalized spacial score (nSPS) is 15.2. The Morgan fingerprint density at radius 3 is 2.58 bits per heavy atom. The van der Waals surface area contributed by atoms with E-state index in [1.165, 1.54) is 38.5 Å². The largest absolute Gasteiger partial charge is 0.495 e. The second kappa shape index (κ2) is 8.90. The van der Waals surface area contributed by atoms with E-state index < -0.39 is 0 Å². The fourth-order valence-corrected chi connectivity index (χ4v) is 3.50. The zero-order chi connectivity index (χ0) is 18.4. The molecule has 1 aliphatic rings. The standard InChI is InChI=1S/C20H24ClN3O2/c1-26-19-9-8-15(12-17(19)21)24-20(25)18-13-16(10-11-22-18)23-14-6-4-2-3-5-7-14/h8-14H,2-7H2,1H3,(H,22,23)(H,24,25). The highest BCUT2D eigenvalue weighted by molar-refractivity contribution is 6.32. The highest BCUT2D eigenvalue weighted by Gasteiger charge is 2.14. The predicted octanol–water partition coefficient (Wildman–Crippen LogP) is 5.13. The SMILES string of the molecule is COc1ccc(NC(=O)c2cc(NC3CCCCCC3)ccn2)cc1Cl. The molecule has 1 saturated carbocycles. The van der Waals surface area contributed by atoms with Gasteiger partial charge in [-0.3, -0.25) is 9.78 Å². The molecule has 1 aliphatic carbocycles. The lowest BCUT2D eigenvalue weighted by atomic mass is 10.1. The number of nitrogens with zero attached hydrogens (tertiary/aromatic N) is 1. The van der Waals surface area contributed by atoms with Gasteiger partial charge in [0, 0.05) is 23.6 Å². The van der Waals surface area contributed by atoms with Gasteiger partial charge in [0.25, 0.3) is 5.91 Å². The van der Waals surface area contributed by atoms with E-state index in [4.69, 9.17) is 16.3 Å². The first-order valence-corrected chi connectivity index (χ1v) is 9.41. The average Bonchev–Trinajstić information content (AvgIpc) is 2.91. The van der Waals surface area contributed by atoms with Gasteiger partial charge in [-0.15, -0.1) is 0 Å².